The molecule has 14 heavy (non-hydrogen) atoms. The first-order valence-electron chi connectivity index (χ1n) is 5.78. The minimum atomic E-state index is -0.373. The van der Waals surface area contributed by atoms with Crippen LogP contribution in [0.5, 0.6) is 0 Å². The van der Waals surface area contributed by atoms with Gasteiger partial charge in [0, 0.05) is 5.75 Å². The quantitative estimate of drug-likeness (QED) is 0.726. The van der Waals surface area contributed by atoms with Crippen LogP contribution in [0.4, 0.5) is 0 Å². The molecule has 0 bridgehead atoms. The molecule has 0 saturated carbocycles. The van der Waals surface area contributed by atoms with Crippen LogP contribution in [-0.4, -0.2) is 22.2 Å². The molecule has 0 aromatic heterocycles. The van der Waals surface area contributed by atoms with Gasteiger partial charge < -0.3 is 5.11 Å². The normalized spacial score (nSPS) is 31.7. The molecule has 1 fully saturated rings. The summed E-state index contributed by atoms with van der Waals surface area (Å²) in [5.41, 5.74) is -0.0501. The average molecular weight is 216 g/mol. The summed E-state index contributed by atoms with van der Waals surface area (Å²) in [4.78, 5) is 0. The Morgan fingerprint density at radius 3 is 2.50 bits per heavy atom. The molecule has 1 heterocycles. The highest BCUT2D eigenvalue weighted by Crippen LogP contribution is 2.41. The Hall–Kier alpha value is 0.310. The Morgan fingerprint density at radius 1 is 1.21 bits per heavy atom. The van der Waals surface area contributed by atoms with Crippen molar-refractivity contribution in [3.8, 4) is 0 Å². The maximum Gasteiger partial charge on any atom is 0.0743 e. The minimum Gasteiger partial charge on any atom is -0.389 e. The maximum absolute atomic E-state index is 10.4. The second kappa shape index (κ2) is 4.89. The van der Waals surface area contributed by atoms with Gasteiger partial charge in [-0.2, -0.15) is 11.8 Å². The summed E-state index contributed by atoms with van der Waals surface area (Å²) in [6.07, 6.45) is 5.66. The minimum absolute atomic E-state index is 0.323. The predicted molar refractivity (Wildman–Crippen MR) is 64.8 cm³/mol. The second-order valence-electron chi connectivity index (χ2n) is 5.52. The standard InChI is InChI=1S/C12H24OS/c1-4-5-6-7-12(13)8-11(2,3)9-14-10-12/h13H,4-10H2,1-3H3. The lowest BCUT2D eigenvalue weighted by Gasteiger charge is -2.41. The summed E-state index contributed by atoms with van der Waals surface area (Å²) in [6, 6.07) is 0. The molecule has 2 heteroatoms. The molecule has 1 rings (SSSR count). The third kappa shape index (κ3) is 3.82. The van der Waals surface area contributed by atoms with Crippen molar-refractivity contribution in [1.82, 2.24) is 0 Å². The molecule has 0 spiro atoms. The molecule has 0 aliphatic carbocycles. The predicted octanol–water partition coefficient (Wildman–Crippen LogP) is 3.46. The smallest absolute Gasteiger partial charge is 0.0743 e. The van der Waals surface area contributed by atoms with Gasteiger partial charge in [-0.3, -0.25) is 0 Å². The molecule has 0 aromatic carbocycles. The molecular weight excluding hydrogens is 192 g/mol. The zero-order valence-electron chi connectivity index (χ0n) is 9.81. The number of aliphatic hydroxyl groups is 1. The summed E-state index contributed by atoms with van der Waals surface area (Å²) in [5.74, 6) is 2.14. The van der Waals surface area contributed by atoms with Crippen molar-refractivity contribution in [2.45, 2.75) is 58.5 Å². The maximum atomic E-state index is 10.4. The van der Waals surface area contributed by atoms with Crippen LogP contribution in [0.15, 0.2) is 0 Å². The molecule has 1 unspecified atom stereocenters. The van der Waals surface area contributed by atoms with Crippen molar-refractivity contribution in [3.63, 3.8) is 0 Å². The van der Waals surface area contributed by atoms with Crippen molar-refractivity contribution < 1.29 is 5.11 Å². The summed E-state index contributed by atoms with van der Waals surface area (Å²) >= 11 is 1.92. The van der Waals surface area contributed by atoms with Gasteiger partial charge >= 0.3 is 0 Å². The van der Waals surface area contributed by atoms with E-state index in [2.05, 4.69) is 20.8 Å². The van der Waals surface area contributed by atoms with Crippen LogP contribution in [0.1, 0.15) is 52.9 Å². The zero-order chi connectivity index (χ0) is 10.7. The van der Waals surface area contributed by atoms with Crippen LogP contribution in [0.3, 0.4) is 0 Å². The Bertz CT molecular complexity index is 179. The molecule has 0 radical (unpaired) electrons. The number of hydrogen-bond acceptors (Lipinski definition) is 2. The van der Waals surface area contributed by atoms with Crippen molar-refractivity contribution in [1.29, 1.82) is 0 Å². The van der Waals surface area contributed by atoms with E-state index < -0.39 is 0 Å². The molecule has 1 N–H and O–H groups in total. The van der Waals surface area contributed by atoms with E-state index in [1.54, 1.807) is 0 Å². The van der Waals surface area contributed by atoms with Gasteiger partial charge in [-0.25, -0.2) is 0 Å². The first kappa shape index (κ1) is 12.4. The summed E-state index contributed by atoms with van der Waals surface area (Å²) < 4.78 is 0. The highest BCUT2D eigenvalue weighted by Gasteiger charge is 2.38. The van der Waals surface area contributed by atoms with E-state index in [1.165, 1.54) is 25.0 Å². The summed E-state index contributed by atoms with van der Waals surface area (Å²) in [5, 5.41) is 10.4. The van der Waals surface area contributed by atoms with E-state index in [1.807, 2.05) is 11.8 Å². The summed E-state index contributed by atoms with van der Waals surface area (Å²) in [7, 11) is 0. The lowest BCUT2D eigenvalue weighted by atomic mass is 9.79. The zero-order valence-corrected chi connectivity index (χ0v) is 10.6. The SMILES string of the molecule is CCCCCC1(O)CSCC(C)(C)C1. The van der Waals surface area contributed by atoms with Crippen LogP contribution < -0.4 is 0 Å². The first-order chi connectivity index (χ1) is 6.47. The van der Waals surface area contributed by atoms with Gasteiger partial charge in [0.25, 0.3) is 0 Å². The molecular formula is C12H24OS. The number of rotatable bonds is 4. The number of unbranched alkanes of at least 4 members (excludes halogenated alkanes) is 2. The van der Waals surface area contributed by atoms with E-state index in [0.29, 0.717) is 5.41 Å². The van der Waals surface area contributed by atoms with Crippen LogP contribution in [0, 0.1) is 5.41 Å². The van der Waals surface area contributed by atoms with E-state index >= 15 is 0 Å². The highest BCUT2D eigenvalue weighted by atomic mass is 32.2. The number of hydrogen-bond donors (Lipinski definition) is 1. The third-order valence-corrected chi connectivity index (χ3v) is 4.64. The van der Waals surface area contributed by atoms with Gasteiger partial charge in [-0.05, 0) is 24.0 Å². The monoisotopic (exact) mass is 216 g/mol. The van der Waals surface area contributed by atoms with E-state index in [0.717, 1.165) is 18.6 Å². The van der Waals surface area contributed by atoms with E-state index in [9.17, 15) is 5.11 Å². The number of thioether (sulfide) groups is 1. The lowest BCUT2D eigenvalue weighted by Crippen LogP contribution is -2.42. The van der Waals surface area contributed by atoms with Crippen LogP contribution in [0.2, 0.25) is 0 Å². The van der Waals surface area contributed by atoms with Gasteiger partial charge in [0.1, 0.15) is 0 Å². The van der Waals surface area contributed by atoms with Crippen molar-refractivity contribution in [2.24, 2.45) is 5.41 Å². The molecule has 0 amide bonds. The Kier molecular flexibility index (Phi) is 4.32. The second-order valence-corrected chi connectivity index (χ2v) is 6.50. The van der Waals surface area contributed by atoms with Crippen molar-refractivity contribution in [2.75, 3.05) is 11.5 Å². The van der Waals surface area contributed by atoms with Gasteiger partial charge in [0.05, 0.1) is 5.60 Å². The largest absolute Gasteiger partial charge is 0.389 e. The van der Waals surface area contributed by atoms with E-state index in [-0.39, 0.29) is 5.60 Å². The molecule has 84 valence electrons. The van der Waals surface area contributed by atoms with Gasteiger partial charge in [-0.15, -0.1) is 0 Å². The van der Waals surface area contributed by atoms with E-state index in [4.69, 9.17) is 0 Å². The average Bonchev–Trinajstić information content (AvgIpc) is 2.01. The van der Waals surface area contributed by atoms with Crippen LogP contribution in [-0.2, 0) is 0 Å². The van der Waals surface area contributed by atoms with Gasteiger partial charge in [0.15, 0.2) is 0 Å². The Balaban J connectivity index is 2.39. The highest BCUT2D eigenvalue weighted by molar-refractivity contribution is 7.99. The molecule has 1 atom stereocenters. The molecule has 0 aromatic rings. The topological polar surface area (TPSA) is 20.2 Å². The van der Waals surface area contributed by atoms with Crippen LogP contribution in [0.25, 0.3) is 0 Å². The molecule has 1 aliphatic heterocycles. The first-order valence-corrected chi connectivity index (χ1v) is 6.93. The fraction of sp³-hybridized carbons (Fsp3) is 1.00. The van der Waals surface area contributed by atoms with Crippen molar-refractivity contribution >= 4 is 11.8 Å². The Morgan fingerprint density at radius 2 is 1.93 bits per heavy atom. The molecule has 1 aliphatic rings. The fourth-order valence-corrected chi connectivity index (χ4v) is 3.76. The van der Waals surface area contributed by atoms with Crippen LogP contribution >= 0.6 is 11.8 Å². The summed E-state index contributed by atoms with van der Waals surface area (Å²) in [6.45, 7) is 6.75. The molecule has 1 saturated heterocycles. The van der Waals surface area contributed by atoms with Gasteiger partial charge in [-0.1, -0.05) is 40.0 Å². The molecule has 1 nitrogen and oxygen atoms in total. The third-order valence-electron chi connectivity index (χ3n) is 2.92. The lowest BCUT2D eigenvalue weighted by molar-refractivity contribution is 0.00985. The fourth-order valence-electron chi connectivity index (χ4n) is 2.37. The van der Waals surface area contributed by atoms with Crippen molar-refractivity contribution in [3.05, 3.63) is 0 Å². The van der Waals surface area contributed by atoms with Gasteiger partial charge in [0.2, 0.25) is 0 Å². The Labute approximate surface area is 92.7 Å².